The van der Waals surface area contributed by atoms with Crippen LogP contribution in [0.5, 0.6) is 0 Å². The van der Waals surface area contributed by atoms with Crippen molar-refractivity contribution in [2.24, 2.45) is 0 Å². The lowest BCUT2D eigenvalue weighted by Gasteiger charge is -2.19. The highest BCUT2D eigenvalue weighted by Crippen LogP contribution is 2.06. The minimum absolute atomic E-state index is 0.336. The topological polar surface area (TPSA) is 123 Å². The first-order chi connectivity index (χ1) is 10.5. The Kier molecular flexibility index (Phi) is 4.82. The molecule has 0 spiro atoms. The monoisotopic (exact) mass is 302 g/mol. The van der Waals surface area contributed by atoms with Gasteiger partial charge in [0.05, 0.1) is 5.70 Å². The molecule has 0 aromatic heterocycles. The summed E-state index contributed by atoms with van der Waals surface area (Å²) < 4.78 is 0. The second-order valence-corrected chi connectivity index (χ2v) is 4.56. The Morgan fingerprint density at radius 3 is 2.50 bits per heavy atom. The van der Waals surface area contributed by atoms with E-state index in [1.165, 1.54) is 24.3 Å². The zero-order chi connectivity index (χ0) is 16.1. The fraction of sp³-hybridized carbons (Fsp3) is 0.0769. The molecule has 2 rings (SSSR count). The third-order valence-electron chi connectivity index (χ3n) is 2.89. The van der Waals surface area contributed by atoms with Gasteiger partial charge in [-0.2, -0.15) is 0 Å². The van der Waals surface area contributed by atoms with Crippen molar-refractivity contribution in [1.82, 2.24) is 16.2 Å². The van der Waals surface area contributed by atoms with Gasteiger partial charge >= 0.3 is 13.1 Å². The van der Waals surface area contributed by atoms with E-state index in [4.69, 9.17) is 10.0 Å². The average Bonchev–Trinajstić information content (AvgIpc) is 2.47. The molecule has 0 saturated heterocycles. The van der Waals surface area contributed by atoms with Crippen LogP contribution in [0.25, 0.3) is 0 Å². The quantitative estimate of drug-likeness (QED) is 0.312. The highest BCUT2D eigenvalue weighted by atomic mass is 16.4. The Morgan fingerprint density at radius 1 is 1.23 bits per heavy atom. The molecule has 1 aromatic rings. The minimum Gasteiger partial charge on any atom is -0.423 e. The number of nitrogens with one attached hydrogen (secondary N) is 4. The molecule has 1 heterocycles. The average molecular weight is 302 g/mol. The van der Waals surface area contributed by atoms with Crippen LogP contribution in [0.15, 0.2) is 47.8 Å². The third kappa shape index (κ3) is 4.11. The number of hydrogen-bond donors (Lipinski definition) is 6. The first kappa shape index (κ1) is 15.6. The molecule has 9 heteroatoms. The zero-order valence-electron chi connectivity index (χ0n) is 11.8. The Morgan fingerprint density at radius 2 is 1.91 bits per heavy atom. The molecule has 114 valence electrons. The fourth-order valence-electron chi connectivity index (χ4n) is 1.73. The molecule has 0 saturated carbocycles. The van der Waals surface area contributed by atoms with Gasteiger partial charge in [-0.15, -0.1) is 0 Å². The summed E-state index contributed by atoms with van der Waals surface area (Å²) in [6.07, 6.45) is 2.82. The number of hydrazine groups is 1. The second-order valence-electron chi connectivity index (χ2n) is 4.56. The maximum absolute atomic E-state index is 11.8. The van der Waals surface area contributed by atoms with Crippen molar-refractivity contribution in [2.45, 2.75) is 6.92 Å². The largest absolute Gasteiger partial charge is 0.488 e. The highest BCUT2D eigenvalue weighted by molar-refractivity contribution is 6.58. The molecular formula is C13H15BN4O4. The summed E-state index contributed by atoms with van der Waals surface area (Å²) in [6.45, 7) is 1.70. The van der Waals surface area contributed by atoms with Gasteiger partial charge in [-0.05, 0) is 30.6 Å². The van der Waals surface area contributed by atoms with Crippen molar-refractivity contribution in [1.29, 1.82) is 0 Å². The number of urea groups is 1. The normalized spacial score (nSPS) is 14.2. The van der Waals surface area contributed by atoms with Crippen LogP contribution >= 0.6 is 0 Å². The van der Waals surface area contributed by atoms with Gasteiger partial charge < -0.3 is 20.7 Å². The summed E-state index contributed by atoms with van der Waals surface area (Å²) in [4.78, 5) is 22.8. The summed E-state index contributed by atoms with van der Waals surface area (Å²) in [6, 6.07) is 5.75. The molecule has 0 bridgehead atoms. The molecule has 1 aliphatic rings. The van der Waals surface area contributed by atoms with Crippen LogP contribution in [-0.4, -0.2) is 29.1 Å². The van der Waals surface area contributed by atoms with Gasteiger partial charge in [-0.3, -0.25) is 15.6 Å². The summed E-state index contributed by atoms with van der Waals surface area (Å²) in [7, 11) is -1.54. The van der Waals surface area contributed by atoms with Crippen LogP contribution in [0.1, 0.15) is 6.92 Å². The summed E-state index contributed by atoms with van der Waals surface area (Å²) in [5.74, 6) is -0.365. The van der Waals surface area contributed by atoms with Crippen molar-refractivity contribution < 1.29 is 19.6 Å². The van der Waals surface area contributed by atoms with Crippen LogP contribution in [0.4, 0.5) is 10.5 Å². The van der Waals surface area contributed by atoms with Gasteiger partial charge in [0.25, 0.3) is 0 Å². The number of carbonyl (C=O) groups is 2. The number of rotatable bonds is 4. The first-order valence-electron chi connectivity index (χ1n) is 6.45. The van der Waals surface area contributed by atoms with Crippen LogP contribution in [0, 0.1) is 0 Å². The molecular weight excluding hydrogens is 287 g/mol. The Balaban J connectivity index is 1.96. The number of carbonyl (C=O) groups excluding carboxylic acids is 2. The SMILES string of the molecule is CC1=C(/C=C/C(=O)Nc2ccc(B(O)O)cc2)NNC(=O)N1. The standard InChI is InChI=1S/C13H15BN4O4/c1-8-11(17-18-13(20)15-8)6-7-12(19)16-10-4-2-9(3-5-10)14(21)22/h2-7,17,21-22H,1H3,(H,16,19)(H2,15,18,20)/b7-6+. The number of hydrogen-bond acceptors (Lipinski definition) is 5. The van der Waals surface area contributed by atoms with E-state index in [9.17, 15) is 9.59 Å². The van der Waals surface area contributed by atoms with E-state index in [0.29, 0.717) is 22.5 Å². The molecule has 8 nitrogen and oxygen atoms in total. The van der Waals surface area contributed by atoms with E-state index in [2.05, 4.69) is 21.5 Å². The predicted molar refractivity (Wildman–Crippen MR) is 81.5 cm³/mol. The van der Waals surface area contributed by atoms with Crippen molar-refractivity contribution in [3.05, 3.63) is 47.8 Å². The van der Waals surface area contributed by atoms with Crippen molar-refractivity contribution >= 4 is 30.2 Å². The van der Waals surface area contributed by atoms with Gasteiger partial charge in [0.2, 0.25) is 5.91 Å². The van der Waals surface area contributed by atoms with E-state index in [-0.39, 0.29) is 11.9 Å². The molecule has 1 aliphatic heterocycles. The number of anilines is 1. The molecule has 22 heavy (non-hydrogen) atoms. The lowest BCUT2D eigenvalue weighted by atomic mass is 9.80. The number of amides is 3. The Hall–Kier alpha value is -2.78. The Bertz CT molecular complexity index is 640. The maximum atomic E-state index is 11.8. The fourth-order valence-corrected chi connectivity index (χ4v) is 1.73. The first-order valence-corrected chi connectivity index (χ1v) is 6.45. The van der Waals surface area contributed by atoms with Gasteiger partial charge in [0.1, 0.15) is 0 Å². The van der Waals surface area contributed by atoms with Gasteiger partial charge in [0, 0.05) is 17.5 Å². The smallest absolute Gasteiger partial charge is 0.423 e. The van der Waals surface area contributed by atoms with E-state index < -0.39 is 7.12 Å². The van der Waals surface area contributed by atoms with Crippen molar-refractivity contribution in [3.63, 3.8) is 0 Å². The second kappa shape index (κ2) is 6.79. The third-order valence-corrected chi connectivity index (χ3v) is 2.89. The summed E-state index contributed by atoms with van der Waals surface area (Å²) in [5, 5.41) is 23.1. The molecule has 0 radical (unpaired) electrons. The van der Waals surface area contributed by atoms with E-state index in [0.717, 1.165) is 0 Å². The lowest BCUT2D eigenvalue weighted by molar-refractivity contribution is -0.111. The molecule has 3 amide bonds. The minimum atomic E-state index is -1.54. The summed E-state index contributed by atoms with van der Waals surface area (Å²) in [5.41, 5.74) is 7.03. The van der Waals surface area contributed by atoms with Crippen LogP contribution < -0.4 is 26.9 Å². The lowest BCUT2D eigenvalue weighted by Crippen LogP contribution is -2.48. The molecule has 1 aromatic carbocycles. The van der Waals surface area contributed by atoms with Gasteiger partial charge in [0.15, 0.2) is 0 Å². The van der Waals surface area contributed by atoms with Crippen molar-refractivity contribution in [2.75, 3.05) is 5.32 Å². The number of benzene rings is 1. The van der Waals surface area contributed by atoms with Crippen LogP contribution in [0.3, 0.4) is 0 Å². The van der Waals surface area contributed by atoms with Gasteiger partial charge in [-0.1, -0.05) is 12.1 Å². The maximum Gasteiger partial charge on any atom is 0.488 e. The van der Waals surface area contributed by atoms with E-state index >= 15 is 0 Å². The molecule has 0 aliphatic carbocycles. The van der Waals surface area contributed by atoms with Crippen molar-refractivity contribution in [3.8, 4) is 0 Å². The predicted octanol–water partition coefficient (Wildman–Crippen LogP) is -1.09. The zero-order valence-corrected chi connectivity index (χ0v) is 11.8. The van der Waals surface area contributed by atoms with E-state index in [1.54, 1.807) is 19.1 Å². The van der Waals surface area contributed by atoms with Gasteiger partial charge in [-0.25, -0.2) is 4.79 Å². The molecule has 6 N–H and O–H groups in total. The Labute approximate surface area is 127 Å². The molecule has 0 atom stereocenters. The molecule has 0 unspecified atom stereocenters. The van der Waals surface area contributed by atoms with Crippen LogP contribution in [-0.2, 0) is 4.79 Å². The van der Waals surface area contributed by atoms with E-state index in [1.807, 2.05) is 0 Å². The summed E-state index contributed by atoms with van der Waals surface area (Å²) >= 11 is 0. The molecule has 0 fully saturated rings. The number of allylic oxidation sites excluding steroid dienone is 2. The highest BCUT2D eigenvalue weighted by Gasteiger charge is 2.11. The van der Waals surface area contributed by atoms with Crippen LogP contribution in [0.2, 0.25) is 0 Å².